The molecule has 0 bridgehead atoms. The SMILES string of the molecule is CCN(CC)CCN1C(=O)[C@H](C)[C@H](c2ccc(OC)cc2)Cc2cc(Cl)ccc21. The molecule has 1 aliphatic heterocycles. The van der Waals surface area contributed by atoms with Gasteiger partial charge in [0.05, 0.1) is 7.11 Å². The third-order valence-corrected chi connectivity index (χ3v) is 6.34. The monoisotopic (exact) mass is 414 g/mol. The zero-order valence-electron chi connectivity index (χ0n) is 17.8. The predicted octanol–water partition coefficient (Wildman–Crippen LogP) is 5.00. The first kappa shape index (κ1) is 21.7. The Morgan fingerprint density at radius 3 is 2.45 bits per heavy atom. The molecule has 0 spiro atoms. The molecule has 156 valence electrons. The normalized spacial score (nSPS) is 19.2. The van der Waals surface area contributed by atoms with Crippen molar-refractivity contribution in [2.75, 3.05) is 38.2 Å². The number of anilines is 1. The summed E-state index contributed by atoms with van der Waals surface area (Å²) in [5, 5.41) is 0.711. The maximum absolute atomic E-state index is 13.5. The summed E-state index contributed by atoms with van der Waals surface area (Å²) in [5.41, 5.74) is 3.29. The molecule has 4 nitrogen and oxygen atoms in total. The number of carbonyl (C=O) groups is 1. The van der Waals surface area contributed by atoms with Crippen molar-refractivity contribution >= 4 is 23.2 Å². The summed E-state index contributed by atoms with van der Waals surface area (Å²) in [6.07, 6.45) is 0.789. The van der Waals surface area contributed by atoms with Crippen LogP contribution >= 0.6 is 11.6 Å². The molecule has 3 rings (SSSR count). The maximum Gasteiger partial charge on any atom is 0.230 e. The van der Waals surface area contributed by atoms with Crippen molar-refractivity contribution in [2.24, 2.45) is 5.92 Å². The molecule has 2 atom stereocenters. The van der Waals surface area contributed by atoms with E-state index >= 15 is 0 Å². The maximum atomic E-state index is 13.5. The van der Waals surface area contributed by atoms with E-state index in [2.05, 4.69) is 37.8 Å². The van der Waals surface area contributed by atoms with Gasteiger partial charge < -0.3 is 14.5 Å². The van der Waals surface area contributed by atoms with Crippen LogP contribution in [0.5, 0.6) is 5.75 Å². The van der Waals surface area contributed by atoms with Gasteiger partial charge in [-0.1, -0.05) is 44.5 Å². The molecule has 0 unspecified atom stereocenters. The Hall–Kier alpha value is -2.04. The topological polar surface area (TPSA) is 32.8 Å². The predicted molar refractivity (Wildman–Crippen MR) is 120 cm³/mol. The van der Waals surface area contributed by atoms with Gasteiger partial charge in [-0.2, -0.15) is 0 Å². The van der Waals surface area contributed by atoms with Gasteiger partial charge in [-0.15, -0.1) is 0 Å². The molecule has 1 aliphatic rings. The second kappa shape index (κ2) is 9.64. The van der Waals surface area contributed by atoms with Crippen LogP contribution in [0.2, 0.25) is 5.02 Å². The number of amides is 1. The van der Waals surface area contributed by atoms with E-state index < -0.39 is 0 Å². The molecular formula is C24H31ClN2O2. The number of rotatable bonds is 7. The van der Waals surface area contributed by atoms with Crippen LogP contribution in [-0.4, -0.2) is 44.1 Å². The van der Waals surface area contributed by atoms with Gasteiger partial charge in [0, 0.05) is 29.7 Å². The quantitative estimate of drug-likeness (QED) is 0.639. The van der Waals surface area contributed by atoms with Gasteiger partial charge in [0.15, 0.2) is 0 Å². The summed E-state index contributed by atoms with van der Waals surface area (Å²) in [6, 6.07) is 14.0. The van der Waals surface area contributed by atoms with Crippen molar-refractivity contribution in [3.05, 3.63) is 58.6 Å². The largest absolute Gasteiger partial charge is 0.497 e. The van der Waals surface area contributed by atoms with E-state index in [-0.39, 0.29) is 17.7 Å². The highest BCUT2D eigenvalue weighted by Gasteiger charge is 2.35. The van der Waals surface area contributed by atoms with Gasteiger partial charge in [-0.25, -0.2) is 0 Å². The number of likely N-dealkylation sites (N-methyl/N-ethyl adjacent to an activating group) is 1. The van der Waals surface area contributed by atoms with Crippen molar-refractivity contribution in [3.8, 4) is 5.75 Å². The summed E-state index contributed by atoms with van der Waals surface area (Å²) in [6.45, 7) is 9.88. The van der Waals surface area contributed by atoms with Gasteiger partial charge in [-0.3, -0.25) is 4.79 Å². The van der Waals surface area contributed by atoms with E-state index in [1.54, 1.807) is 7.11 Å². The van der Waals surface area contributed by atoms with Crippen molar-refractivity contribution in [2.45, 2.75) is 33.1 Å². The van der Waals surface area contributed by atoms with Gasteiger partial charge in [0.2, 0.25) is 5.91 Å². The highest BCUT2D eigenvalue weighted by molar-refractivity contribution is 6.30. The minimum atomic E-state index is -0.119. The van der Waals surface area contributed by atoms with E-state index in [0.29, 0.717) is 11.6 Å². The average Bonchev–Trinajstić information content (AvgIpc) is 2.84. The van der Waals surface area contributed by atoms with Gasteiger partial charge in [0.25, 0.3) is 0 Å². The zero-order chi connectivity index (χ0) is 21.0. The van der Waals surface area contributed by atoms with Crippen LogP contribution < -0.4 is 9.64 Å². The van der Waals surface area contributed by atoms with E-state index in [1.165, 1.54) is 0 Å². The molecule has 2 aromatic rings. The molecule has 29 heavy (non-hydrogen) atoms. The summed E-state index contributed by atoms with van der Waals surface area (Å²) >= 11 is 6.33. The number of halogens is 1. The number of ether oxygens (including phenoxy) is 1. The molecule has 0 saturated carbocycles. The Kier molecular flexibility index (Phi) is 7.20. The van der Waals surface area contributed by atoms with E-state index in [1.807, 2.05) is 35.2 Å². The lowest BCUT2D eigenvalue weighted by atomic mass is 9.83. The summed E-state index contributed by atoms with van der Waals surface area (Å²) in [4.78, 5) is 17.9. The molecule has 0 aromatic heterocycles. The Labute approximate surface area is 179 Å². The van der Waals surface area contributed by atoms with Crippen LogP contribution in [0, 0.1) is 5.92 Å². The van der Waals surface area contributed by atoms with Crippen molar-refractivity contribution in [1.82, 2.24) is 4.90 Å². The fourth-order valence-electron chi connectivity index (χ4n) is 4.20. The average molecular weight is 415 g/mol. The summed E-state index contributed by atoms with van der Waals surface area (Å²) < 4.78 is 5.30. The fraction of sp³-hybridized carbons (Fsp3) is 0.458. The first-order valence-electron chi connectivity index (χ1n) is 10.4. The third-order valence-electron chi connectivity index (χ3n) is 6.11. The first-order valence-corrected chi connectivity index (χ1v) is 10.8. The van der Waals surface area contributed by atoms with Gasteiger partial charge in [-0.05, 0) is 66.9 Å². The van der Waals surface area contributed by atoms with E-state index in [0.717, 1.165) is 48.6 Å². The number of carbonyl (C=O) groups excluding carboxylic acids is 1. The third kappa shape index (κ3) is 4.76. The highest BCUT2D eigenvalue weighted by Crippen LogP contribution is 2.39. The molecule has 1 amide bonds. The minimum Gasteiger partial charge on any atom is -0.497 e. The number of nitrogens with zero attached hydrogens (tertiary/aromatic N) is 2. The molecule has 0 N–H and O–H groups in total. The molecule has 0 saturated heterocycles. The minimum absolute atomic E-state index is 0.101. The lowest BCUT2D eigenvalue weighted by Gasteiger charge is -2.29. The van der Waals surface area contributed by atoms with Crippen LogP contribution in [0.1, 0.15) is 37.8 Å². The smallest absolute Gasteiger partial charge is 0.230 e. The molecule has 0 radical (unpaired) electrons. The number of hydrogen-bond acceptors (Lipinski definition) is 3. The van der Waals surface area contributed by atoms with Crippen molar-refractivity contribution in [1.29, 1.82) is 0 Å². The number of benzene rings is 2. The Bertz CT molecular complexity index is 833. The second-order valence-electron chi connectivity index (χ2n) is 7.66. The van der Waals surface area contributed by atoms with E-state index in [4.69, 9.17) is 16.3 Å². The van der Waals surface area contributed by atoms with Crippen molar-refractivity contribution < 1.29 is 9.53 Å². The molecule has 5 heteroatoms. The standard InChI is InChI=1S/C24H31ClN2O2/c1-5-26(6-2)13-14-27-23-12-9-20(25)15-19(23)16-22(17(3)24(27)28)18-7-10-21(29-4)11-8-18/h7-12,15,17,22H,5-6,13-14,16H2,1-4H3/t17-,22-/m1/s1. The van der Waals surface area contributed by atoms with Crippen LogP contribution in [0.3, 0.4) is 0 Å². The zero-order valence-corrected chi connectivity index (χ0v) is 18.6. The number of hydrogen-bond donors (Lipinski definition) is 0. The summed E-state index contributed by atoms with van der Waals surface area (Å²) in [5.74, 6) is 0.986. The molecule has 0 fully saturated rings. The second-order valence-corrected chi connectivity index (χ2v) is 8.10. The fourth-order valence-corrected chi connectivity index (χ4v) is 4.40. The van der Waals surface area contributed by atoms with Gasteiger partial charge >= 0.3 is 0 Å². The Balaban J connectivity index is 1.96. The number of methoxy groups -OCH3 is 1. The molecule has 0 aliphatic carbocycles. The van der Waals surface area contributed by atoms with Crippen LogP contribution in [-0.2, 0) is 11.2 Å². The molecular weight excluding hydrogens is 384 g/mol. The van der Waals surface area contributed by atoms with Crippen LogP contribution in [0.25, 0.3) is 0 Å². The Morgan fingerprint density at radius 1 is 1.14 bits per heavy atom. The lowest BCUT2D eigenvalue weighted by Crippen LogP contribution is -2.41. The summed E-state index contributed by atoms with van der Waals surface area (Å²) in [7, 11) is 1.67. The Morgan fingerprint density at radius 2 is 1.83 bits per heavy atom. The first-order chi connectivity index (χ1) is 14.0. The highest BCUT2D eigenvalue weighted by atomic mass is 35.5. The van der Waals surface area contributed by atoms with Gasteiger partial charge in [0.1, 0.15) is 5.75 Å². The molecule has 2 aromatic carbocycles. The van der Waals surface area contributed by atoms with Crippen LogP contribution in [0.15, 0.2) is 42.5 Å². The van der Waals surface area contributed by atoms with E-state index in [9.17, 15) is 4.79 Å². The van der Waals surface area contributed by atoms with Crippen molar-refractivity contribution in [3.63, 3.8) is 0 Å². The molecule has 1 heterocycles. The lowest BCUT2D eigenvalue weighted by molar-refractivity contribution is -0.122. The van der Waals surface area contributed by atoms with Crippen LogP contribution in [0.4, 0.5) is 5.69 Å². The number of fused-ring (bicyclic) bond motifs is 1.